The molecule has 0 unspecified atom stereocenters. The highest BCUT2D eigenvalue weighted by Crippen LogP contribution is 2.26. The van der Waals surface area contributed by atoms with Gasteiger partial charge in [-0.05, 0) is 42.8 Å². The second-order valence-electron chi connectivity index (χ2n) is 5.98. The predicted molar refractivity (Wildman–Crippen MR) is 113 cm³/mol. The van der Waals surface area contributed by atoms with E-state index in [0.29, 0.717) is 38.3 Å². The fraction of sp³-hybridized carbons (Fsp3) is 0.316. The summed E-state index contributed by atoms with van der Waals surface area (Å²) in [5.74, 6) is -0.308. The number of carbonyl (C=O) groups excluding carboxylic acids is 1. The van der Waals surface area contributed by atoms with Crippen molar-refractivity contribution in [2.45, 2.75) is 11.3 Å². The molecule has 2 rings (SSSR count). The molecule has 0 atom stereocenters. The standard InChI is InChI=1S/C19H22Cl2N2O5S/c1-27-10-11-28-9-3-8-22-19(24)14-4-2-5-15(12-14)23-29(25,26)16-6-7-17(20)18(21)13-16/h2,4-7,12-13,23H,3,8-11H2,1H3,(H,22,24). The Hall–Kier alpha value is -1.84. The Labute approximate surface area is 180 Å². The molecule has 29 heavy (non-hydrogen) atoms. The molecule has 0 heterocycles. The normalized spacial score (nSPS) is 11.3. The van der Waals surface area contributed by atoms with Gasteiger partial charge in [-0.3, -0.25) is 9.52 Å². The van der Waals surface area contributed by atoms with Crippen LogP contribution in [0.4, 0.5) is 5.69 Å². The highest BCUT2D eigenvalue weighted by atomic mass is 35.5. The van der Waals surface area contributed by atoms with Crippen LogP contribution in [-0.2, 0) is 19.5 Å². The van der Waals surface area contributed by atoms with E-state index in [2.05, 4.69) is 10.0 Å². The van der Waals surface area contributed by atoms with Gasteiger partial charge >= 0.3 is 0 Å². The van der Waals surface area contributed by atoms with E-state index in [0.717, 1.165) is 0 Å². The van der Waals surface area contributed by atoms with Crippen molar-refractivity contribution in [2.24, 2.45) is 0 Å². The molecule has 10 heteroatoms. The number of hydrogen-bond donors (Lipinski definition) is 2. The summed E-state index contributed by atoms with van der Waals surface area (Å²) in [4.78, 5) is 12.2. The van der Waals surface area contributed by atoms with Crippen LogP contribution in [0.15, 0.2) is 47.4 Å². The van der Waals surface area contributed by atoms with Crippen LogP contribution in [0.3, 0.4) is 0 Å². The smallest absolute Gasteiger partial charge is 0.261 e. The number of ether oxygens (including phenoxy) is 2. The molecule has 0 spiro atoms. The number of halogens is 2. The van der Waals surface area contributed by atoms with Gasteiger partial charge in [0.1, 0.15) is 0 Å². The molecule has 1 amide bonds. The Kier molecular flexibility index (Phi) is 9.19. The fourth-order valence-corrected chi connectivity index (χ4v) is 3.74. The minimum Gasteiger partial charge on any atom is -0.382 e. The fourth-order valence-electron chi connectivity index (χ4n) is 2.30. The van der Waals surface area contributed by atoms with Gasteiger partial charge < -0.3 is 14.8 Å². The van der Waals surface area contributed by atoms with Crippen LogP contribution in [0.25, 0.3) is 0 Å². The van der Waals surface area contributed by atoms with Gasteiger partial charge in [0.05, 0.1) is 28.2 Å². The molecule has 2 aromatic carbocycles. The first-order chi connectivity index (χ1) is 13.8. The Morgan fingerprint density at radius 2 is 1.83 bits per heavy atom. The minimum atomic E-state index is -3.88. The largest absolute Gasteiger partial charge is 0.382 e. The molecular formula is C19H22Cl2N2O5S. The van der Waals surface area contributed by atoms with Gasteiger partial charge in [0.2, 0.25) is 0 Å². The van der Waals surface area contributed by atoms with Crippen LogP contribution < -0.4 is 10.0 Å². The number of methoxy groups -OCH3 is 1. The monoisotopic (exact) mass is 460 g/mol. The maximum absolute atomic E-state index is 12.5. The van der Waals surface area contributed by atoms with Gasteiger partial charge in [-0.1, -0.05) is 29.3 Å². The zero-order valence-electron chi connectivity index (χ0n) is 15.8. The van der Waals surface area contributed by atoms with Gasteiger partial charge in [-0.2, -0.15) is 0 Å². The van der Waals surface area contributed by atoms with E-state index in [4.69, 9.17) is 32.7 Å². The summed E-state index contributed by atoms with van der Waals surface area (Å²) in [6.07, 6.45) is 0.652. The minimum absolute atomic E-state index is 0.0322. The zero-order chi connectivity index (χ0) is 21.3. The van der Waals surface area contributed by atoms with Crippen LogP contribution in [0.1, 0.15) is 16.8 Å². The molecule has 0 saturated heterocycles. The predicted octanol–water partition coefficient (Wildman–Crippen LogP) is 3.58. The maximum Gasteiger partial charge on any atom is 0.261 e. The number of carbonyl (C=O) groups is 1. The first-order valence-electron chi connectivity index (χ1n) is 8.76. The number of anilines is 1. The van der Waals surface area contributed by atoms with Gasteiger partial charge in [-0.25, -0.2) is 8.42 Å². The van der Waals surface area contributed by atoms with Gasteiger partial charge in [0.15, 0.2) is 0 Å². The number of rotatable bonds is 11. The first kappa shape index (κ1) is 23.4. The lowest BCUT2D eigenvalue weighted by molar-refractivity contribution is 0.0688. The van der Waals surface area contributed by atoms with E-state index in [1.807, 2.05) is 0 Å². The topological polar surface area (TPSA) is 93.7 Å². The summed E-state index contributed by atoms with van der Waals surface area (Å²) < 4.78 is 37.7. The Morgan fingerprint density at radius 3 is 2.55 bits per heavy atom. The van der Waals surface area contributed by atoms with Crippen molar-refractivity contribution in [3.05, 3.63) is 58.1 Å². The lowest BCUT2D eigenvalue weighted by atomic mass is 10.2. The van der Waals surface area contributed by atoms with Crippen LogP contribution in [0, 0.1) is 0 Å². The quantitative estimate of drug-likeness (QED) is 0.499. The maximum atomic E-state index is 12.5. The SMILES string of the molecule is COCCOCCCNC(=O)c1cccc(NS(=O)(=O)c2ccc(Cl)c(Cl)c2)c1. The number of amides is 1. The van der Waals surface area contributed by atoms with E-state index >= 15 is 0 Å². The van der Waals surface area contributed by atoms with Crippen LogP contribution in [0.2, 0.25) is 10.0 Å². The third-order valence-electron chi connectivity index (χ3n) is 3.76. The molecule has 7 nitrogen and oxygen atoms in total. The lowest BCUT2D eigenvalue weighted by Gasteiger charge is -2.11. The van der Waals surface area contributed by atoms with E-state index in [1.165, 1.54) is 24.3 Å². The summed E-state index contributed by atoms with van der Waals surface area (Å²) in [5, 5.41) is 3.16. The summed E-state index contributed by atoms with van der Waals surface area (Å²) in [6, 6.07) is 10.2. The molecule has 0 aliphatic heterocycles. The van der Waals surface area contributed by atoms with E-state index < -0.39 is 10.0 Å². The number of hydrogen-bond acceptors (Lipinski definition) is 5. The van der Waals surface area contributed by atoms with Crippen molar-refractivity contribution >= 4 is 44.8 Å². The highest BCUT2D eigenvalue weighted by molar-refractivity contribution is 7.92. The average Bonchev–Trinajstić information content (AvgIpc) is 2.69. The number of benzene rings is 2. The third-order valence-corrected chi connectivity index (χ3v) is 5.88. The highest BCUT2D eigenvalue weighted by Gasteiger charge is 2.16. The molecule has 2 aromatic rings. The summed E-state index contributed by atoms with van der Waals surface area (Å²) in [6.45, 7) is 1.97. The van der Waals surface area contributed by atoms with Crippen LogP contribution in [0.5, 0.6) is 0 Å². The molecule has 2 N–H and O–H groups in total. The molecule has 0 saturated carbocycles. The van der Waals surface area contributed by atoms with Crippen molar-refractivity contribution in [3.8, 4) is 0 Å². The second-order valence-corrected chi connectivity index (χ2v) is 8.47. The van der Waals surface area contributed by atoms with Crippen LogP contribution >= 0.6 is 23.2 Å². The van der Waals surface area contributed by atoms with Gasteiger partial charge in [0, 0.05) is 31.5 Å². The summed E-state index contributed by atoms with van der Waals surface area (Å²) >= 11 is 11.7. The number of nitrogens with one attached hydrogen (secondary N) is 2. The molecule has 0 aromatic heterocycles. The van der Waals surface area contributed by atoms with E-state index in [9.17, 15) is 13.2 Å². The van der Waals surface area contributed by atoms with Crippen molar-refractivity contribution < 1.29 is 22.7 Å². The summed E-state index contributed by atoms with van der Waals surface area (Å²) in [5.41, 5.74) is 0.589. The van der Waals surface area contributed by atoms with Gasteiger partial charge in [0.25, 0.3) is 15.9 Å². The average molecular weight is 461 g/mol. The number of sulfonamides is 1. The molecule has 0 bridgehead atoms. The lowest BCUT2D eigenvalue weighted by Crippen LogP contribution is -2.25. The Morgan fingerprint density at radius 1 is 1.03 bits per heavy atom. The van der Waals surface area contributed by atoms with Crippen molar-refractivity contribution in [3.63, 3.8) is 0 Å². The Bertz CT molecular complexity index is 938. The third kappa shape index (κ3) is 7.49. The van der Waals surface area contributed by atoms with Crippen molar-refractivity contribution in [1.29, 1.82) is 0 Å². The molecular weight excluding hydrogens is 439 g/mol. The van der Waals surface area contributed by atoms with E-state index in [-0.39, 0.29) is 26.5 Å². The second kappa shape index (κ2) is 11.4. The van der Waals surface area contributed by atoms with E-state index in [1.54, 1.807) is 25.3 Å². The van der Waals surface area contributed by atoms with Crippen molar-refractivity contribution in [1.82, 2.24) is 5.32 Å². The molecule has 0 fully saturated rings. The van der Waals surface area contributed by atoms with Crippen molar-refractivity contribution in [2.75, 3.05) is 38.2 Å². The van der Waals surface area contributed by atoms with Crippen LogP contribution in [-0.4, -0.2) is 47.8 Å². The molecule has 0 aliphatic carbocycles. The first-order valence-corrected chi connectivity index (χ1v) is 11.0. The van der Waals surface area contributed by atoms with Gasteiger partial charge in [-0.15, -0.1) is 0 Å². The Balaban J connectivity index is 1.94. The zero-order valence-corrected chi connectivity index (χ0v) is 18.1. The molecule has 0 aliphatic rings. The molecule has 158 valence electrons. The summed E-state index contributed by atoms with van der Waals surface area (Å²) in [7, 11) is -2.28. The molecule has 0 radical (unpaired) electrons.